The van der Waals surface area contributed by atoms with Crippen molar-refractivity contribution in [3.63, 3.8) is 0 Å². The summed E-state index contributed by atoms with van der Waals surface area (Å²) in [6.07, 6.45) is 6.52. The second-order valence-electron chi connectivity index (χ2n) is 8.43. The first-order valence-corrected chi connectivity index (χ1v) is 12.4. The van der Waals surface area contributed by atoms with E-state index in [0.717, 1.165) is 63.4 Å². The molecule has 2 aromatic heterocycles. The van der Waals surface area contributed by atoms with Crippen LogP contribution in [0.15, 0.2) is 65.5 Å². The number of hydrogen-bond donors (Lipinski definition) is 0. The van der Waals surface area contributed by atoms with Gasteiger partial charge in [-0.3, -0.25) is 0 Å². The summed E-state index contributed by atoms with van der Waals surface area (Å²) >= 11 is 1.61. The molecule has 34 heavy (non-hydrogen) atoms. The number of fused-ring (bicyclic) bond motifs is 2. The third-order valence-corrected chi connectivity index (χ3v) is 7.10. The van der Waals surface area contributed by atoms with E-state index in [9.17, 15) is 0 Å². The van der Waals surface area contributed by atoms with Gasteiger partial charge in [0.15, 0.2) is 22.1 Å². The molecule has 6 rings (SSSR count). The number of aromatic nitrogens is 4. The lowest BCUT2D eigenvalue weighted by atomic mass is 10.1. The third kappa shape index (κ3) is 3.84. The predicted molar refractivity (Wildman–Crippen MR) is 132 cm³/mol. The molecule has 0 bridgehead atoms. The molecular weight excluding hydrogens is 446 g/mol. The number of allylic oxidation sites excluding steroid dienone is 1. The number of hydrogen-bond acceptors (Lipinski definition) is 6. The van der Waals surface area contributed by atoms with E-state index in [4.69, 9.17) is 14.5 Å². The second kappa shape index (κ2) is 8.95. The number of rotatable bonds is 5. The summed E-state index contributed by atoms with van der Waals surface area (Å²) in [5, 5.41) is 11.0. The zero-order valence-electron chi connectivity index (χ0n) is 18.8. The van der Waals surface area contributed by atoms with Gasteiger partial charge in [0, 0.05) is 36.0 Å². The van der Waals surface area contributed by atoms with Crippen molar-refractivity contribution in [1.82, 2.24) is 19.3 Å². The van der Waals surface area contributed by atoms with Crippen molar-refractivity contribution in [2.24, 2.45) is 4.99 Å². The van der Waals surface area contributed by atoms with Crippen LogP contribution in [0.1, 0.15) is 25.1 Å². The van der Waals surface area contributed by atoms with Gasteiger partial charge in [-0.25, -0.2) is 4.99 Å². The molecule has 8 heteroatoms. The first kappa shape index (κ1) is 20.9. The first-order valence-electron chi connectivity index (χ1n) is 11.6. The predicted octanol–water partition coefficient (Wildman–Crippen LogP) is 5.35. The smallest absolute Gasteiger partial charge is 0.231 e. The molecule has 0 amide bonds. The highest BCUT2D eigenvalue weighted by atomic mass is 32.1. The van der Waals surface area contributed by atoms with Crippen LogP contribution in [0.3, 0.4) is 0 Å². The van der Waals surface area contributed by atoms with Crippen molar-refractivity contribution in [2.75, 3.05) is 6.79 Å². The monoisotopic (exact) mass is 471 g/mol. The van der Waals surface area contributed by atoms with Gasteiger partial charge < -0.3 is 18.6 Å². The molecule has 0 aliphatic carbocycles. The summed E-state index contributed by atoms with van der Waals surface area (Å²) in [4.78, 5) is 5.85. The SMILES string of the molecule is C=CCn1c(-c2ccc3c(c2)OCO3)csc1=Nc1ccc(-c2nnc3n2CCCCC3)cc1. The Morgan fingerprint density at radius 2 is 1.85 bits per heavy atom. The van der Waals surface area contributed by atoms with Crippen LogP contribution >= 0.6 is 11.3 Å². The van der Waals surface area contributed by atoms with E-state index in [2.05, 4.69) is 49.5 Å². The second-order valence-corrected chi connectivity index (χ2v) is 9.27. The van der Waals surface area contributed by atoms with Gasteiger partial charge in [0.25, 0.3) is 0 Å². The molecule has 0 saturated carbocycles. The van der Waals surface area contributed by atoms with E-state index < -0.39 is 0 Å². The maximum absolute atomic E-state index is 5.56. The van der Waals surface area contributed by atoms with E-state index in [1.54, 1.807) is 11.3 Å². The molecule has 4 aromatic rings. The van der Waals surface area contributed by atoms with E-state index in [1.807, 2.05) is 30.3 Å². The van der Waals surface area contributed by atoms with Gasteiger partial charge >= 0.3 is 0 Å². The Labute approximate surface area is 201 Å². The molecule has 172 valence electrons. The van der Waals surface area contributed by atoms with E-state index in [-0.39, 0.29) is 6.79 Å². The van der Waals surface area contributed by atoms with Crippen molar-refractivity contribution in [2.45, 2.75) is 38.8 Å². The van der Waals surface area contributed by atoms with Crippen LogP contribution in [-0.4, -0.2) is 26.1 Å². The minimum Gasteiger partial charge on any atom is -0.454 e. The Balaban J connectivity index is 1.33. The summed E-state index contributed by atoms with van der Waals surface area (Å²) in [7, 11) is 0. The molecule has 2 aliphatic heterocycles. The van der Waals surface area contributed by atoms with Crippen LogP contribution in [0.2, 0.25) is 0 Å². The highest BCUT2D eigenvalue weighted by molar-refractivity contribution is 7.07. The summed E-state index contributed by atoms with van der Waals surface area (Å²) in [6.45, 7) is 5.86. The zero-order chi connectivity index (χ0) is 22.9. The molecule has 0 radical (unpaired) electrons. The molecule has 2 aliphatic rings. The highest BCUT2D eigenvalue weighted by Gasteiger charge is 2.17. The summed E-state index contributed by atoms with van der Waals surface area (Å²) < 4.78 is 15.5. The lowest BCUT2D eigenvalue weighted by Gasteiger charge is -2.08. The lowest BCUT2D eigenvalue weighted by Crippen LogP contribution is -2.14. The van der Waals surface area contributed by atoms with Crippen molar-refractivity contribution in [3.05, 3.63) is 71.1 Å². The topological polar surface area (TPSA) is 66.5 Å². The average Bonchev–Trinajstić information content (AvgIpc) is 3.55. The number of aryl methyl sites for hydroxylation is 1. The van der Waals surface area contributed by atoms with Crippen LogP contribution in [0.5, 0.6) is 11.5 Å². The molecule has 0 fully saturated rings. The number of thiazole rings is 1. The van der Waals surface area contributed by atoms with Crippen LogP contribution in [0, 0.1) is 0 Å². The van der Waals surface area contributed by atoms with Gasteiger partial charge in [0.2, 0.25) is 6.79 Å². The third-order valence-electron chi connectivity index (χ3n) is 6.24. The van der Waals surface area contributed by atoms with Gasteiger partial charge in [0.1, 0.15) is 5.82 Å². The minimum absolute atomic E-state index is 0.267. The fraction of sp³-hybridized carbons (Fsp3) is 0.269. The van der Waals surface area contributed by atoms with Crippen LogP contribution in [0.4, 0.5) is 5.69 Å². The Hall–Kier alpha value is -3.65. The molecular formula is C26H25N5O2S. The Kier molecular flexibility index (Phi) is 5.50. The fourth-order valence-corrected chi connectivity index (χ4v) is 5.44. The maximum atomic E-state index is 5.56. The standard InChI is InChI=1S/C26H25N5O2S/c1-2-13-30-21(19-9-12-22-23(15-19)33-17-32-22)16-34-26(30)27-20-10-7-18(8-11-20)25-29-28-24-6-4-3-5-14-31(24)25/h2,7-12,15-16H,1,3-6,13-14,17H2. The van der Waals surface area contributed by atoms with Crippen LogP contribution in [-0.2, 0) is 19.5 Å². The van der Waals surface area contributed by atoms with Crippen molar-refractivity contribution < 1.29 is 9.47 Å². The molecule has 0 atom stereocenters. The number of ether oxygens (including phenoxy) is 2. The Bertz CT molecular complexity index is 1410. The minimum atomic E-state index is 0.267. The van der Waals surface area contributed by atoms with Gasteiger partial charge in [-0.2, -0.15) is 0 Å². The first-order chi connectivity index (χ1) is 16.8. The Morgan fingerprint density at radius 1 is 1.00 bits per heavy atom. The van der Waals surface area contributed by atoms with E-state index >= 15 is 0 Å². The molecule has 7 nitrogen and oxygen atoms in total. The van der Waals surface area contributed by atoms with Gasteiger partial charge in [-0.15, -0.1) is 28.1 Å². The summed E-state index contributed by atoms with van der Waals surface area (Å²) in [6, 6.07) is 14.3. The quantitative estimate of drug-likeness (QED) is 0.368. The average molecular weight is 472 g/mol. The molecule has 2 aromatic carbocycles. The van der Waals surface area contributed by atoms with Crippen molar-refractivity contribution in [1.29, 1.82) is 0 Å². The van der Waals surface area contributed by atoms with Gasteiger partial charge in [0.05, 0.1) is 11.4 Å². The number of benzene rings is 2. The molecule has 0 unspecified atom stereocenters. The summed E-state index contributed by atoms with van der Waals surface area (Å²) in [5.41, 5.74) is 4.11. The molecule has 0 N–H and O–H groups in total. The Morgan fingerprint density at radius 3 is 2.74 bits per heavy atom. The van der Waals surface area contributed by atoms with Gasteiger partial charge in [-0.1, -0.05) is 12.5 Å². The van der Waals surface area contributed by atoms with Crippen molar-refractivity contribution >= 4 is 17.0 Å². The number of nitrogens with zero attached hydrogens (tertiary/aromatic N) is 5. The van der Waals surface area contributed by atoms with Crippen LogP contribution < -0.4 is 14.3 Å². The molecule has 0 saturated heterocycles. The normalized spacial score (nSPS) is 15.2. The van der Waals surface area contributed by atoms with Crippen LogP contribution in [0.25, 0.3) is 22.6 Å². The largest absolute Gasteiger partial charge is 0.454 e. The summed E-state index contributed by atoms with van der Waals surface area (Å²) in [5.74, 6) is 3.60. The van der Waals surface area contributed by atoms with Gasteiger partial charge in [-0.05, 0) is 55.3 Å². The van der Waals surface area contributed by atoms with Crippen molar-refractivity contribution in [3.8, 4) is 34.1 Å². The lowest BCUT2D eigenvalue weighted by molar-refractivity contribution is 0.174. The molecule has 0 spiro atoms. The fourth-order valence-electron chi connectivity index (χ4n) is 4.50. The van der Waals surface area contributed by atoms with E-state index in [1.165, 1.54) is 19.3 Å². The maximum Gasteiger partial charge on any atom is 0.231 e. The zero-order valence-corrected chi connectivity index (χ0v) is 19.6. The highest BCUT2D eigenvalue weighted by Crippen LogP contribution is 2.36. The molecule has 4 heterocycles. The van der Waals surface area contributed by atoms with E-state index in [0.29, 0.717) is 6.54 Å².